The van der Waals surface area contributed by atoms with Crippen molar-refractivity contribution in [3.05, 3.63) is 62.8 Å². The lowest BCUT2D eigenvalue weighted by Crippen LogP contribution is -2.08. The van der Waals surface area contributed by atoms with Gasteiger partial charge >= 0.3 is 0 Å². The second-order valence-corrected chi connectivity index (χ2v) is 5.55. The molecule has 0 radical (unpaired) electrons. The van der Waals surface area contributed by atoms with Gasteiger partial charge in [-0.15, -0.1) is 0 Å². The van der Waals surface area contributed by atoms with Crippen molar-refractivity contribution in [2.45, 2.75) is 13.0 Å². The number of rotatable bonds is 3. The summed E-state index contributed by atoms with van der Waals surface area (Å²) >= 11 is 8.59. The lowest BCUT2D eigenvalue weighted by molar-refractivity contribution is 0.579. The number of benzene rings is 2. The fraction of sp³-hybridized carbons (Fsp3) is 0.143. The van der Waals surface area contributed by atoms with Gasteiger partial charge in [-0.1, -0.05) is 17.7 Å². The first kappa shape index (κ1) is 15.2. The standard InChI is InChI=1S/C14H10BrClF3N/c1-7(8-2-3-10(16)12(18)4-8)20-14-5-9(15)11(17)6-13(14)19/h2-7,20H,1H3. The number of nitrogens with one attached hydrogen (secondary N) is 1. The highest BCUT2D eigenvalue weighted by atomic mass is 79.9. The van der Waals surface area contributed by atoms with Crippen LogP contribution in [0.5, 0.6) is 0 Å². The van der Waals surface area contributed by atoms with Crippen molar-refractivity contribution in [2.75, 3.05) is 5.32 Å². The van der Waals surface area contributed by atoms with E-state index in [1.165, 1.54) is 18.2 Å². The third kappa shape index (κ3) is 3.27. The van der Waals surface area contributed by atoms with Crippen molar-refractivity contribution in [1.29, 1.82) is 0 Å². The first-order valence-electron chi connectivity index (χ1n) is 5.74. The van der Waals surface area contributed by atoms with Crippen molar-refractivity contribution in [2.24, 2.45) is 0 Å². The highest BCUT2D eigenvalue weighted by molar-refractivity contribution is 9.10. The molecule has 0 bridgehead atoms. The van der Waals surface area contributed by atoms with Gasteiger partial charge in [0.25, 0.3) is 0 Å². The zero-order valence-electron chi connectivity index (χ0n) is 10.4. The predicted octanol–water partition coefficient (Wildman–Crippen LogP) is 5.69. The summed E-state index contributed by atoms with van der Waals surface area (Å²) in [6.07, 6.45) is 0. The van der Waals surface area contributed by atoms with Gasteiger partial charge < -0.3 is 5.32 Å². The molecule has 2 aromatic carbocycles. The third-order valence-electron chi connectivity index (χ3n) is 2.83. The summed E-state index contributed by atoms with van der Waals surface area (Å²) in [6, 6.07) is 6.06. The minimum atomic E-state index is -0.716. The van der Waals surface area contributed by atoms with Crippen LogP contribution in [-0.2, 0) is 0 Å². The van der Waals surface area contributed by atoms with Crippen LogP contribution in [0.3, 0.4) is 0 Å². The van der Waals surface area contributed by atoms with Gasteiger partial charge in [0.15, 0.2) is 0 Å². The Balaban J connectivity index is 2.25. The van der Waals surface area contributed by atoms with Gasteiger partial charge in [-0.2, -0.15) is 0 Å². The molecule has 0 fully saturated rings. The molecule has 0 aliphatic heterocycles. The fourth-order valence-corrected chi connectivity index (χ4v) is 2.19. The summed E-state index contributed by atoms with van der Waals surface area (Å²) < 4.78 is 40.3. The van der Waals surface area contributed by atoms with E-state index in [1.807, 2.05) is 0 Å². The number of halogens is 5. The van der Waals surface area contributed by atoms with Crippen molar-refractivity contribution in [1.82, 2.24) is 0 Å². The van der Waals surface area contributed by atoms with Crippen LogP contribution in [0.1, 0.15) is 18.5 Å². The molecule has 0 aliphatic rings. The average Bonchev–Trinajstić information content (AvgIpc) is 2.39. The smallest absolute Gasteiger partial charge is 0.149 e. The Morgan fingerprint density at radius 2 is 1.75 bits per heavy atom. The zero-order chi connectivity index (χ0) is 14.9. The van der Waals surface area contributed by atoms with Gasteiger partial charge in [0.05, 0.1) is 15.2 Å². The molecule has 2 aromatic rings. The highest BCUT2D eigenvalue weighted by Crippen LogP contribution is 2.28. The molecule has 1 unspecified atom stereocenters. The van der Waals surface area contributed by atoms with Gasteiger partial charge in [0.1, 0.15) is 17.5 Å². The summed E-state index contributed by atoms with van der Waals surface area (Å²) in [5.74, 6) is -1.94. The molecular weight excluding hydrogens is 355 g/mol. The molecule has 106 valence electrons. The van der Waals surface area contributed by atoms with Gasteiger partial charge in [-0.05, 0) is 46.6 Å². The Morgan fingerprint density at radius 3 is 2.40 bits per heavy atom. The first-order valence-corrected chi connectivity index (χ1v) is 6.91. The van der Waals surface area contributed by atoms with Crippen molar-refractivity contribution < 1.29 is 13.2 Å². The van der Waals surface area contributed by atoms with Gasteiger partial charge in [-0.3, -0.25) is 0 Å². The first-order chi connectivity index (χ1) is 9.38. The van der Waals surface area contributed by atoms with E-state index in [2.05, 4.69) is 21.2 Å². The molecule has 20 heavy (non-hydrogen) atoms. The van der Waals surface area contributed by atoms with Crippen LogP contribution in [-0.4, -0.2) is 0 Å². The topological polar surface area (TPSA) is 12.0 Å². The van der Waals surface area contributed by atoms with Crippen LogP contribution in [0.15, 0.2) is 34.8 Å². The van der Waals surface area contributed by atoms with E-state index in [-0.39, 0.29) is 21.2 Å². The largest absolute Gasteiger partial charge is 0.376 e. The summed E-state index contributed by atoms with van der Waals surface area (Å²) in [5.41, 5.74) is 0.730. The molecule has 0 amide bonds. The lowest BCUT2D eigenvalue weighted by atomic mass is 10.1. The minimum Gasteiger partial charge on any atom is -0.376 e. The normalized spacial score (nSPS) is 12.3. The maximum Gasteiger partial charge on any atom is 0.149 e. The van der Waals surface area contributed by atoms with Crippen LogP contribution < -0.4 is 5.32 Å². The van der Waals surface area contributed by atoms with Gasteiger partial charge in [0, 0.05) is 12.1 Å². The molecular formula is C14H10BrClF3N. The van der Waals surface area contributed by atoms with E-state index in [1.54, 1.807) is 13.0 Å². The minimum absolute atomic E-state index is 0.0247. The average molecular weight is 365 g/mol. The maximum absolute atomic E-state index is 13.6. The van der Waals surface area contributed by atoms with Gasteiger partial charge in [0.2, 0.25) is 0 Å². The quantitative estimate of drug-likeness (QED) is 0.690. The molecule has 0 saturated carbocycles. The van der Waals surface area contributed by atoms with Crippen molar-refractivity contribution >= 4 is 33.2 Å². The molecule has 1 nitrogen and oxygen atoms in total. The Morgan fingerprint density at radius 1 is 1.05 bits per heavy atom. The molecule has 0 saturated heterocycles. The molecule has 0 aliphatic carbocycles. The maximum atomic E-state index is 13.6. The molecule has 2 rings (SSSR count). The van der Waals surface area contributed by atoms with Crippen molar-refractivity contribution in [3.8, 4) is 0 Å². The molecule has 1 atom stereocenters. The summed E-state index contributed by atoms with van der Waals surface area (Å²) in [7, 11) is 0. The summed E-state index contributed by atoms with van der Waals surface area (Å²) in [6.45, 7) is 1.74. The molecule has 0 heterocycles. The number of hydrogen-bond acceptors (Lipinski definition) is 1. The Kier molecular flexibility index (Phi) is 4.60. The molecule has 0 aromatic heterocycles. The monoisotopic (exact) mass is 363 g/mol. The Hall–Kier alpha value is -1.20. The van der Waals surface area contributed by atoms with Crippen LogP contribution in [0.25, 0.3) is 0 Å². The SMILES string of the molecule is CC(Nc1cc(Br)c(F)cc1F)c1ccc(Cl)c(F)c1. The Bertz CT molecular complexity index is 649. The second-order valence-electron chi connectivity index (χ2n) is 4.29. The summed E-state index contributed by atoms with van der Waals surface area (Å²) in [5, 5.41) is 2.88. The van der Waals surface area contributed by atoms with E-state index < -0.39 is 17.5 Å². The van der Waals surface area contributed by atoms with E-state index in [0.29, 0.717) is 5.56 Å². The van der Waals surface area contributed by atoms with E-state index in [0.717, 1.165) is 6.07 Å². The molecule has 0 spiro atoms. The predicted molar refractivity (Wildman–Crippen MR) is 77.5 cm³/mol. The van der Waals surface area contributed by atoms with Crippen LogP contribution in [0, 0.1) is 17.5 Å². The lowest BCUT2D eigenvalue weighted by Gasteiger charge is -2.17. The van der Waals surface area contributed by atoms with Crippen LogP contribution >= 0.6 is 27.5 Å². The molecule has 6 heteroatoms. The Labute approximate surface area is 127 Å². The third-order valence-corrected chi connectivity index (χ3v) is 3.74. The highest BCUT2D eigenvalue weighted by Gasteiger charge is 2.13. The van der Waals surface area contributed by atoms with Crippen LogP contribution in [0.4, 0.5) is 18.9 Å². The number of anilines is 1. The van der Waals surface area contributed by atoms with Crippen LogP contribution in [0.2, 0.25) is 5.02 Å². The summed E-state index contributed by atoms with van der Waals surface area (Å²) in [4.78, 5) is 0. The van der Waals surface area contributed by atoms with Gasteiger partial charge in [-0.25, -0.2) is 13.2 Å². The van der Waals surface area contributed by atoms with E-state index >= 15 is 0 Å². The number of hydrogen-bond donors (Lipinski definition) is 1. The second kappa shape index (κ2) is 6.06. The van der Waals surface area contributed by atoms with Crippen molar-refractivity contribution in [3.63, 3.8) is 0 Å². The van der Waals surface area contributed by atoms with E-state index in [9.17, 15) is 13.2 Å². The molecule has 1 N–H and O–H groups in total. The fourth-order valence-electron chi connectivity index (χ4n) is 1.73. The zero-order valence-corrected chi connectivity index (χ0v) is 12.7. The van der Waals surface area contributed by atoms with E-state index in [4.69, 9.17) is 11.6 Å².